The maximum absolute atomic E-state index is 11.2. The van der Waals surface area contributed by atoms with Gasteiger partial charge in [0.25, 0.3) is 0 Å². The van der Waals surface area contributed by atoms with Gasteiger partial charge in [0.05, 0.1) is 20.3 Å². The van der Waals surface area contributed by atoms with E-state index in [1.165, 1.54) is 7.11 Å². The number of hydrogen-bond donors (Lipinski definition) is 0. The van der Waals surface area contributed by atoms with Crippen molar-refractivity contribution in [2.45, 2.75) is 18.3 Å². The van der Waals surface area contributed by atoms with Gasteiger partial charge in [-0.25, -0.2) is 0 Å². The summed E-state index contributed by atoms with van der Waals surface area (Å²) in [7, 11) is 1.40. The molecule has 1 fully saturated rings. The molecule has 1 aromatic carbocycles. The number of methoxy groups -OCH3 is 1. The first kappa shape index (κ1) is 12.4. The highest BCUT2D eigenvalue weighted by molar-refractivity contribution is 6.31. The first-order valence-corrected chi connectivity index (χ1v) is 5.95. The highest BCUT2D eigenvalue weighted by atomic mass is 35.5. The molecule has 0 atom stereocenters. The highest BCUT2D eigenvalue weighted by Crippen LogP contribution is 2.40. The van der Waals surface area contributed by atoms with Crippen molar-refractivity contribution in [1.82, 2.24) is 0 Å². The normalized spacial score (nSPS) is 17.3. The number of benzene rings is 1. The second-order valence-electron chi connectivity index (χ2n) is 4.33. The maximum Gasteiger partial charge on any atom is 0.305 e. The van der Waals surface area contributed by atoms with Crippen molar-refractivity contribution >= 4 is 17.6 Å². The molecule has 1 aliphatic rings. The molecule has 92 valence electrons. The fourth-order valence-corrected chi connectivity index (χ4v) is 2.45. The van der Waals surface area contributed by atoms with E-state index in [9.17, 15) is 4.79 Å². The van der Waals surface area contributed by atoms with Gasteiger partial charge >= 0.3 is 5.97 Å². The van der Waals surface area contributed by atoms with Crippen LogP contribution in [0.25, 0.3) is 0 Å². The summed E-state index contributed by atoms with van der Waals surface area (Å²) in [6.45, 7) is 1.24. The standard InChI is InChI=1S/C13H15ClO3/c1-16-12(15)6-7-13(8-17-9-13)10-4-2-3-5-11(10)14/h2-5H,6-9H2,1H3. The van der Waals surface area contributed by atoms with E-state index in [1.807, 2.05) is 24.3 Å². The van der Waals surface area contributed by atoms with Gasteiger partial charge in [0, 0.05) is 16.9 Å². The van der Waals surface area contributed by atoms with Crippen LogP contribution in [0.15, 0.2) is 24.3 Å². The molecule has 0 bridgehead atoms. The van der Waals surface area contributed by atoms with E-state index < -0.39 is 0 Å². The third-order valence-electron chi connectivity index (χ3n) is 3.24. The number of rotatable bonds is 4. The third-order valence-corrected chi connectivity index (χ3v) is 3.57. The van der Waals surface area contributed by atoms with E-state index in [0.29, 0.717) is 26.1 Å². The zero-order chi connectivity index (χ0) is 12.3. The van der Waals surface area contributed by atoms with Crippen molar-refractivity contribution < 1.29 is 14.3 Å². The monoisotopic (exact) mass is 254 g/mol. The van der Waals surface area contributed by atoms with Gasteiger partial charge in [-0.1, -0.05) is 29.8 Å². The van der Waals surface area contributed by atoms with Crippen LogP contribution in [0.4, 0.5) is 0 Å². The van der Waals surface area contributed by atoms with Crippen LogP contribution < -0.4 is 0 Å². The lowest BCUT2D eigenvalue weighted by molar-refractivity contribution is -0.142. The van der Waals surface area contributed by atoms with E-state index in [1.54, 1.807) is 0 Å². The molecule has 0 radical (unpaired) electrons. The molecular formula is C13H15ClO3. The molecule has 3 nitrogen and oxygen atoms in total. The Morgan fingerprint density at radius 1 is 1.47 bits per heavy atom. The summed E-state index contributed by atoms with van der Waals surface area (Å²) in [4.78, 5) is 11.2. The Kier molecular flexibility index (Phi) is 3.69. The quantitative estimate of drug-likeness (QED) is 0.775. The number of carbonyl (C=O) groups is 1. The van der Waals surface area contributed by atoms with E-state index in [2.05, 4.69) is 4.74 Å². The first-order chi connectivity index (χ1) is 8.18. The van der Waals surface area contributed by atoms with Gasteiger partial charge in [0.2, 0.25) is 0 Å². The molecule has 0 saturated carbocycles. The van der Waals surface area contributed by atoms with Gasteiger partial charge < -0.3 is 9.47 Å². The van der Waals surface area contributed by atoms with Crippen molar-refractivity contribution in [3.8, 4) is 0 Å². The maximum atomic E-state index is 11.2. The van der Waals surface area contributed by atoms with Crippen LogP contribution in [-0.4, -0.2) is 26.3 Å². The Labute approximate surface area is 106 Å². The van der Waals surface area contributed by atoms with Gasteiger partial charge in [-0.2, -0.15) is 0 Å². The molecule has 0 unspecified atom stereocenters. The summed E-state index contributed by atoms with van der Waals surface area (Å²) in [5.41, 5.74) is 0.948. The predicted molar refractivity (Wildman–Crippen MR) is 65.2 cm³/mol. The third kappa shape index (κ3) is 2.45. The van der Waals surface area contributed by atoms with Crippen molar-refractivity contribution in [1.29, 1.82) is 0 Å². The molecular weight excluding hydrogens is 240 g/mol. The first-order valence-electron chi connectivity index (χ1n) is 5.57. The molecule has 4 heteroatoms. The van der Waals surface area contributed by atoms with Gasteiger partial charge in [0.15, 0.2) is 0 Å². The zero-order valence-corrected chi connectivity index (χ0v) is 10.5. The zero-order valence-electron chi connectivity index (χ0n) is 9.74. The minimum Gasteiger partial charge on any atom is -0.469 e. The van der Waals surface area contributed by atoms with Crippen LogP contribution in [0.3, 0.4) is 0 Å². The second kappa shape index (κ2) is 5.07. The molecule has 1 aliphatic heterocycles. The van der Waals surface area contributed by atoms with Crippen molar-refractivity contribution in [3.05, 3.63) is 34.9 Å². The lowest BCUT2D eigenvalue weighted by atomic mass is 9.75. The summed E-state index contributed by atoms with van der Waals surface area (Å²) in [5, 5.41) is 0.737. The van der Waals surface area contributed by atoms with Crippen LogP contribution in [0, 0.1) is 0 Å². The Morgan fingerprint density at radius 2 is 2.18 bits per heavy atom. The summed E-state index contributed by atoms with van der Waals surface area (Å²) in [6.07, 6.45) is 1.11. The fourth-order valence-electron chi connectivity index (χ4n) is 2.12. The topological polar surface area (TPSA) is 35.5 Å². The van der Waals surface area contributed by atoms with Crippen LogP contribution in [0.2, 0.25) is 5.02 Å². The minimum absolute atomic E-state index is 0.119. The highest BCUT2D eigenvalue weighted by Gasteiger charge is 2.41. The average Bonchev–Trinajstić information content (AvgIpc) is 2.29. The molecule has 1 heterocycles. The van der Waals surface area contributed by atoms with Crippen molar-refractivity contribution in [3.63, 3.8) is 0 Å². The average molecular weight is 255 g/mol. The summed E-state index contributed by atoms with van der Waals surface area (Å²) >= 11 is 6.20. The van der Waals surface area contributed by atoms with Crippen LogP contribution in [-0.2, 0) is 19.7 Å². The van der Waals surface area contributed by atoms with E-state index >= 15 is 0 Å². The van der Waals surface area contributed by atoms with Crippen LogP contribution in [0.1, 0.15) is 18.4 Å². The fraction of sp³-hybridized carbons (Fsp3) is 0.462. The lowest BCUT2D eigenvalue weighted by Crippen LogP contribution is -2.47. The molecule has 0 aliphatic carbocycles. The molecule has 1 saturated heterocycles. The van der Waals surface area contributed by atoms with Crippen LogP contribution in [0.5, 0.6) is 0 Å². The van der Waals surface area contributed by atoms with Gasteiger partial charge in [0.1, 0.15) is 0 Å². The van der Waals surface area contributed by atoms with E-state index in [-0.39, 0.29) is 11.4 Å². The Morgan fingerprint density at radius 3 is 2.71 bits per heavy atom. The van der Waals surface area contributed by atoms with Gasteiger partial charge in [-0.05, 0) is 18.1 Å². The second-order valence-corrected chi connectivity index (χ2v) is 4.74. The smallest absolute Gasteiger partial charge is 0.305 e. The Bertz CT molecular complexity index is 413. The molecule has 0 spiro atoms. The molecule has 0 aromatic heterocycles. The van der Waals surface area contributed by atoms with Crippen LogP contribution >= 0.6 is 11.6 Å². The number of halogens is 1. The molecule has 0 amide bonds. The molecule has 1 aromatic rings. The number of ether oxygens (including phenoxy) is 2. The number of esters is 1. The summed E-state index contributed by atoms with van der Waals surface area (Å²) in [5.74, 6) is -0.191. The number of hydrogen-bond acceptors (Lipinski definition) is 3. The summed E-state index contributed by atoms with van der Waals surface area (Å²) < 4.78 is 9.97. The van der Waals surface area contributed by atoms with Crippen molar-refractivity contribution in [2.24, 2.45) is 0 Å². The van der Waals surface area contributed by atoms with Gasteiger partial charge in [-0.15, -0.1) is 0 Å². The molecule has 2 rings (SSSR count). The Balaban J connectivity index is 2.15. The summed E-state index contributed by atoms with van der Waals surface area (Å²) in [6, 6.07) is 7.73. The lowest BCUT2D eigenvalue weighted by Gasteiger charge is -2.42. The largest absolute Gasteiger partial charge is 0.469 e. The predicted octanol–water partition coefficient (Wildman–Crippen LogP) is 2.56. The molecule has 17 heavy (non-hydrogen) atoms. The van der Waals surface area contributed by atoms with Gasteiger partial charge in [-0.3, -0.25) is 4.79 Å². The number of carbonyl (C=O) groups excluding carboxylic acids is 1. The van der Waals surface area contributed by atoms with E-state index in [0.717, 1.165) is 10.6 Å². The Hall–Kier alpha value is -1.06. The van der Waals surface area contributed by atoms with E-state index in [4.69, 9.17) is 16.3 Å². The molecule has 0 N–H and O–H groups in total. The SMILES string of the molecule is COC(=O)CCC1(c2ccccc2Cl)COC1. The van der Waals surface area contributed by atoms with Crippen molar-refractivity contribution in [2.75, 3.05) is 20.3 Å². The minimum atomic E-state index is -0.191.